The third kappa shape index (κ3) is 2.45. The van der Waals surface area contributed by atoms with E-state index in [4.69, 9.17) is 9.66 Å². The van der Waals surface area contributed by atoms with E-state index in [-0.39, 0.29) is 13.0 Å². The molecule has 0 spiro atoms. The molecule has 0 amide bonds. The predicted octanol–water partition coefficient (Wildman–Crippen LogP) is -0.882. The lowest BCUT2D eigenvalue weighted by atomic mass is 10.3. The van der Waals surface area contributed by atoms with E-state index in [1.165, 1.54) is 0 Å². The number of esters is 1. The summed E-state index contributed by atoms with van der Waals surface area (Å²) in [7, 11) is -5.82. The summed E-state index contributed by atoms with van der Waals surface area (Å²) in [6, 6.07) is 0. The fraction of sp³-hybridized carbons (Fsp3) is 0.833. The van der Waals surface area contributed by atoms with E-state index >= 15 is 0 Å². The normalized spacial score (nSPS) is 24.2. The molecule has 0 aromatic rings. The molecule has 0 aromatic heterocycles. The minimum atomic E-state index is -5.82. The molecule has 2 N–H and O–H groups in total. The molecule has 1 aliphatic heterocycles. The number of aliphatic hydroxyl groups excluding tert-OH is 1. The number of carbonyl (C=O) groups is 1. The molecule has 1 aliphatic rings. The molecule has 7 nitrogen and oxygen atoms in total. The van der Waals surface area contributed by atoms with Gasteiger partial charge in [0.1, 0.15) is 0 Å². The first-order valence-electron chi connectivity index (χ1n) is 4.01. The summed E-state index contributed by atoms with van der Waals surface area (Å²) in [4.78, 5) is 10.8. The van der Waals surface area contributed by atoms with Crippen molar-refractivity contribution in [1.29, 1.82) is 0 Å². The van der Waals surface area contributed by atoms with Gasteiger partial charge in [-0.25, -0.2) is 4.79 Å². The standard InChI is InChI=1S/C6H8F2O7S/c7-6(8,16(11,12)13)5(10)15-3-1-2-14-4(3)9/h3,5,10H,1-2H2,(H,11,12,13). The summed E-state index contributed by atoms with van der Waals surface area (Å²) >= 11 is 0. The Bertz CT molecular complexity index is 378. The highest BCUT2D eigenvalue weighted by Crippen LogP contribution is 2.27. The van der Waals surface area contributed by atoms with Crippen molar-refractivity contribution in [3.63, 3.8) is 0 Å². The monoisotopic (exact) mass is 262 g/mol. The van der Waals surface area contributed by atoms with Crippen molar-refractivity contribution < 1.29 is 41.1 Å². The van der Waals surface area contributed by atoms with Crippen LogP contribution in [-0.4, -0.2) is 48.3 Å². The van der Waals surface area contributed by atoms with Crippen molar-refractivity contribution >= 4 is 16.1 Å². The van der Waals surface area contributed by atoms with Crippen molar-refractivity contribution in [2.24, 2.45) is 0 Å². The molecule has 0 aliphatic carbocycles. The van der Waals surface area contributed by atoms with Crippen molar-refractivity contribution in [2.45, 2.75) is 24.1 Å². The number of cyclic esters (lactones) is 1. The number of hydrogen-bond acceptors (Lipinski definition) is 6. The molecule has 1 heterocycles. The van der Waals surface area contributed by atoms with Gasteiger partial charge in [-0.1, -0.05) is 0 Å². The second-order valence-electron chi connectivity index (χ2n) is 2.97. The van der Waals surface area contributed by atoms with E-state index in [9.17, 15) is 22.0 Å². The number of alkyl halides is 2. The summed E-state index contributed by atoms with van der Waals surface area (Å²) < 4.78 is 62.4. The van der Waals surface area contributed by atoms with E-state index in [0.29, 0.717) is 0 Å². The van der Waals surface area contributed by atoms with Gasteiger partial charge in [0.15, 0.2) is 6.10 Å². The van der Waals surface area contributed by atoms with Crippen LogP contribution in [0.4, 0.5) is 8.78 Å². The second kappa shape index (κ2) is 4.20. The third-order valence-electron chi connectivity index (χ3n) is 1.81. The fourth-order valence-corrected chi connectivity index (χ4v) is 1.27. The van der Waals surface area contributed by atoms with Gasteiger partial charge < -0.3 is 14.6 Å². The zero-order valence-electron chi connectivity index (χ0n) is 7.67. The maximum atomic E-state index is 12.7. The van der Waals surface area contributed by atoms with Crippen LogP contribution in [0.25, 0.3) is 0 Å². The van der Waals surface area contributed by atoms with Crippen LogP contribution in [0.2, 0.25) is 0 Å². The lowest BCUT2D eigenvalue weighted by molar-refractivity contribution is -0.218. The summed E-state index contributed by atoms with van der Waals surface area (Å²) in [6.07, 6.45) is -4.70. The third-order valence-corrected chi connectivity index (χ3v) is 2.70. The van der Waals surface area contributed by atoms with Crippen molar-refractivity contribution in [1.82, 2.24) is 0 Å². The predicted molar refractivity (Wildman–Crippen MR) is 43.0 cm³/mol. The van der Waals surface area contributed by atoms with Crippen LogP contribution in [0, 0.1) is 0 Å². The number of carbonyl (C=O) groups excluding carboxylic acids is 1. The Labute approximate surface area is 88.7 Å². The van der Waals surface area contributed by atoms with Crippen LogP contribution in [0.15, 0.2) is 0 Å². The molecule has 0 saturated carbocycles. The summed E-state index contributed by atoms with van der Waals surface area (Å²) in [5.41, 5.74) is 0. The van der Waals surface area contributed by atoms with Crippen LogP contribution < -0.4 is 0 Å². The summed E-state index contributed by atoms with van der Waals surface area (Å²) in [6.45, 7) is -0.0757. The van der Waals surface area contributed by atoms with Crippen LogP contribution in [0.5, 0.6) is 0 Å². The van der Waals surface area contributed by atoms with E-state index in [2.05, 4.69) is 9.47 Å². The van der Waals surface area contributed by atoms with Crippen molar-refractivity contribution in [3.8, 4) is 0 Å². The Morgan fingerprint density at radius 3 is 2.50 bits per heavy atom. The molecule has 94 valence electrons. The average molecular weight is 262 g/mol. The SMILES string of the molecule is O=C1OCCC1OC(O)C(F)(F)S(=O)(=O)O. The van der Waals surface area contributed by atoms with Crippen LogP contribution in [0.3, 0.4) is 0 Å². The second-order valence-corrected chi connectivity index (χ2v) is 4.46. The zero-order chi connectivity index (χ0) is 12.6. The number of rotatable bonds is 4. The first kappa shape index (κ1) is 13.2. The highest BCUT2D eigenvalue weighted by Gasteiger charge is 2.54. The van der Waals surface area contributed by atoms with Gasteiger partial charge in [-0.15, -0.1) is 0 Å². The molecule has 0 bridgehead atoms. The molecule has 2 atom stereocenters. The average Bonchev–Trinajstić information content (AvgIpc) is 2.49. The van der Waals surface area contributed by atoms with E-state index in [1.807, 2.05) is 0 Å². The maximum absolute atomic E-state index is 12.7. The van der Waals surface area contributed by atoms with Crippen LogP contribution in [-0.2, 0) is 24.4 Å². The molecular formula is C6H8F2O7S. The van der Waals surface area contributed by atoms with Gasteiger partial charge in [-0.2, -0.15) is 17.2 Å². The molecule has 10 heteroatoms. The van der Waals surface area contributed by atoms with Gasteiger partial charge in [0.05, 0.1) is 6.61 Å². The van der Waals surface area contributed by atoms with Crippen LogP contribution in [0.1, 0.15) is 6.42 Å². The molecule has 16 heavy (non-hydrogen) atoms. The summed E-state index contributed by atoms with van der Waals surface area (Å²) in [5.74, 6) is -0.981. The molecule has 1 fully saturated rings. The Morgan fingerprint density at radius 1 is 1.56 bits per heavy atom. The van der Waals surface area contributed by atoms with Crippen molar-refractivity contribution in [2.75, 3.05) is 6.61 Å². The molecule has 0 radical (unpaired) electrons. The number of hydrogen-bond donors (Lipinski definition) is 2. The first-order valence-corrected chi connectivity index (χ1v) is 5.45. The molecule has 2 unspecified atom stereocenters. The van der Waals surface area contributed by atoms with E-state index in [0.717, 1.165) is 0 Å². The molecule has 1 rings (SSSR count). The number of halogens is 2. The summed E-state index contributed by atoms with van der Waals surface area (Å²) in [5, 5.41) is 3.86. The van der Waals surface area contributed by atoms with Gasteiger partial charge in [-0.3, -0.25) is 4.55 Å². The fourth-order valence-electron chi connectivity index (χ4n) is 0.963. The number of aliphatic hydroxyl groups is 1. The molecule has 0 aromatic carbocycles. The minimum Gasteiger partial charge on any atom is -0.464 e. The van der Waals surface area contributed by atoms with Gasteiger partial charge in [0.25, 0.3) is 0 Å². The van der Waals surface area contributed by atoms with Gasteiger partial charge >= 0.3 is 21.3 Å². The van der Waals surface area contributed by atoms with Crippen LogP contribution >= 0.6 is 0 Å². The molecular weight excluding hydrogens is 254 g/mol. The van der Waals surface area contributed by atoms with Crippen molar-refractivity contribution in [3.05, 3.63) is 0 Å². The van der Waals surface area contributed by atoms with E-state index in [1.54, 1.807) is 0 Å². The van der Waals surface area contributed by atoms with Gasteiger partial charge in [0, 0.05) is 6.42 Å². The highest BCUT2D eigenvalue weighted by molar-refractivity contribution is 7.86. The highest BCUT2D eigenvalue weighted by atomic mass is 32.2. The Kier molecular flexibility index (Phi) is 3.47. The first-order chi connectivity index (χ1) is 7.16. The van der Waals surface area contributed by atoms with E-state index < -0.39 is 33.7 Å². The topological polar surface area (TPSA) is 110 Å². The Hall–Kier alpha value is -0.840. The minimum absolute atomic E-state index is 0.0757. The largest absolute Gasteiger partial charge is 0.464 e. The smallest absolute Gasteiger partial charge is 0.418 e. The Morgan fingerprint density at radius 2 is 2.12 bits per heavy atom. The van der Waals surface area contributed by atoms with Gasteiger partial charge in [0.2, 0.25) is 6.29 Å². The lowest BCUT2D eigenvalue weighted by Crippen LogP contribution is -2.45. The number of ether oxygens (including phenoxy) is 2. The van der Waals surface area contributed by atoms with Gasteiger partial charge in [-0.05, 0) is 0 Å². The Balaban J connectivity index is 2.72. The zero-order valence-corrected chi connectivity index (χ0v) is 8.49. The molecule has 1 saturated heterocycles. The quantitative estimate of drug-likeness (QED) is 0.384. The lowest BCUT2D eigenvalue weighted by Gasteiger charge is -2.21. The maximum Gasteiger partial charge on any atom is 0.418 e.